The Morgan fingerprint density at radius 2 is 2.00 bits per heavy atom. The molecule has 1 rings (SSSR count). The summed E-state index contributed by atoms with van der Waals surface area (Å²) in [5.74, 6) is 0. The van der Waals surface area contributed by atoms with E-state index >= 15 is 0 Å². The summed E-state index contributed by atoms with van der Waals surface area (Å²) in [5.41, 5.74) is 1.08. The molecule has 0 atom stereocenters. The third-order valence-electron chi connectivity index (χ3n) is 1.08. The molecule has 0 aliphatic heterocycles. The molecule has 6 heteroatoms. The third-order valence-corrected chi connectivity index (χ3v) is 1.08. The van der Waals surface area contributed by atoms with Gasteiger partial charge in [0.05, 0.1) is 0 Å². The van der Waals surface area contributed by atoms with E-state index in [1.54, 1.807) is 6.20 Å². The molecule has 0 spiro atoms. The van der Waals surface area contributed by atoms with Crippen LogP contribution in [0.25, 0.3) is 0 Å². The SMILES string of the molecule is C=CCc1ccccn1.O=S(=O)(O)O. The van der Waals surface area contributed by atoms with Crippen LogP contribution in [-0.2, 0) is 16.8 Å². The first-order valence-corrected chi connectivity index (χ1v) is 5.04. The van der Waals surface area contributed by atoms with Gasteiger partial charge in [-0.15, -0.1) is 6.58 Å². The Labute approximate surface area is 82.7 Å². The second kappa shape index (κ2) is 6.25. The molecule has 1 heterocycles. The highest BCUT2D eigenvalue weighted by Gasteiger charge is 1.85. The molecule has 14 heavy (non-hydrogen) atoms. The van der Waals surface area contributed by atoms with Crippen LogP contribution in [0.4, 0.5) is 0 Å². The van der Waals surface area contributed by atoms with Crippen LogP contribution in [0.3, 0.4) is 0 Å². The van der Waals surface area contributed by atoms with Crippen molar-refractivity contribution >= 4 is 10.4 Å². The van der Waals surface area contributed by atoms with E-state index in [4.69, 9.17) is 17.5 Å². The van der Waals surface area contributed by atoms with Crippen LogP contribution < -0.4 is 0 Å². The van der Waals surface area contributed by atoms with Gasteiger partial charge in [0, 0.05) is 18.3 Å². The third kappa shape index (κ3) is 10.8. The minimum absolute atomic E-state index is 0.862. The van der Waals surface area contributed by atoms with Crippen LogP contribution in [0.2, 0.25) is 0 Å². The Bertz CT molecular complexity index is 352. The number of rotatable bonds is 2. The van der Waals surface area contributed by atoms with Crippen molar-refractivity contribution in [1.29, 1.82) is 0 Å². The van der Waals surface area contributed by atoms with Gasteiger partial charge in [0.2, 0.25) is 0 Å². The molecule has 0 fully saturated rings. The van der Waals surface area contributed by atoms with E-state index in [0.29, 0.717) is 0 Å². The molecule has 2 N–H and O–H groups in total. The summed E-state index contributed by atoms with van der Waals surface area (Å²) in [5, 5.41) is 0. The van der Waals surface area contributed by atoms with Gasteiger partial charge in [0.1, 0.15) is 0 Å². The van der Waals surface area contributed by atoms with Crippen LogP contribution in [-0.4, -0.2) is 22.5 Å². The van der Waals surface area contributed by atoms with Crippen molar-refractivity contribution in [2.45, 2.75) is 6.42 Å². The molecule has 5 nitrogen and oxygen atoms in total. The number of allylic oxidation sites excluding steroid dienone is 1. The standard InChI is InChI=1S/C8H9N.H2O4S/c1-2-5-8-6-3-4-7-9-8;1-5(2,3)4/h2-4,6-7H,1,5H2;(H2,1,2,3,4). The molecular formula is C8H11NO4S. The van der Waals surface area contributed by atoms with E-state index in [1.165, 1.54) is 0 Å². The van der Waals surface area contributed by atoms with Crippen LogP contribution >= 0.6 is 0 Å². The van der Waals surface area contributed by atoms with Crippen molar-refractivity contribution in [2.75, 3.05) is 0 Å². The van der Waals surface area contributed by atoms with Crippen molar-refractivity contribution < 1.29 is 17.5 Å². The predicted octanol–water partition coefficient (Wildman–Crippen LogP) is 1.16. The smallest absolute Gasteiger partial charge is 0.264 e. The Balaban J connectivity index is 0.000000292. The van der Waals surface area contributed by atoms with Crippen LogP contribution in [0.1, 0.15) is 5.69 Å². The minimum atomic E-state index is -4.67. The predicted molar refractivity (Wildman–Crippen MR) is 52.3 cm³/mol. The number of aromatic nitrogens is 1. The lowest BCUT2D eigenvalue weighted by molar-refractivity contribution is 0.381. The van der Waals surface area contributed by atoms with Crippen LogP contribution in [0.5, 0.6) is 0 Å². The summed E-state index contributed by atoms with van der Waals surface area (Å²) in [6, 6.07) is 5.88. The van der Waals surface area contributed by atoms with Gasteiger partial charge in [0.25, 0.3) is 0 Å². The highest BCUT2D eigenvalue weighted by atomic mass is 32.3. The topological polar surface area (TPSA) is 87.5 Å². The van der Waals surface area contributed by atoms with Crippen molar-refractivity contribution in [3.05, 3.63) is 42.7 Å². The van der Waals surface area contributed by atoms with Gasteiger partial charge in [-0.3, -0.25) is 14.1 Å². The zero-order valence-corrected chi connectivity index (χ0v) is 8.18. The highest BCUT2D eigenvalue weighted by molar-refractivity contribution is 7.79. The maximum absolute atomic E-state index is 8.74. The van der Waals surface area contributed by atoms with E-state index in [0.717, 1.165) is 12.1 Å². The fraction of sp³-hybridized carbons (Fsp3) is 0.125. The second-order valence-corrected chi connectivity index (χ2v) is 3.16. The summed E-state index contributed by atoms with van der Waals surface area (Å²) in [6.07, 6.45) is 4.50. The molecule has 0 bridgehead atoms. The molecule has 0 saturated heterocycles. The Morgan fingerprint density at radius 3 is 2.36 bits per heavy atom. The monoisotopic (exact) mass is 217 g/mol. The van der Waals surface area contributed by atoms with E-state index in [1.807, 2.05) is 24.3 Å². The van der Waals surface area contributed by atoms with E-state index in [-0.39, 0.29) is 0 Å². The lowest BCUT2D eigenvalue weighted by atomic mass is 10.3. The van der Waals surface area contributed by atoms with Crippen LogP contribution in [0, 0.1) is 0 Å². The number of hydrogen-bond donors (Lipinski definition) is 2. The lowest BCUT2D eigenvalue weighted by Crippen LogP contribution is -1.89. The van der Waals surface area contributed by atoms with Gasteiger partial charge in [-0.05, 0) is 12.1 Å². The summed E-state index contributed by atoms with van der Waals surface area (Å²) in [4.78, 5) is 4.10. The number of nitrogens with zero attached hydrogens (tertiary/aromatic N) is 1. The van der Waals surface area contributed by atoms with E-state index < -0.39 is 10.4 Å². The molecule has 78 valence electrons. The van der Waals surface area contributed by atoms with Crippen molar-refractivity contribution in [3.8, 4) is 0 Å². The molecule has 0 amide bonds. The van der Waals surface area contributed by atoms with Gasteiger partial charge in [0.15, 0.2) is 0 Å². The summed E-state index contributed by atoms with van der Waals surface area (Å²) >= 11 is 0. The fourth-order valence-electron chi connectivity index (χ4n) is 0.667. The molecule has 0 unspecified atom stereocenters. The second-order valence-electron chi connectivity index (χ2n) is 2.26. The summed E-state index contributed by atoms with van der Waals surface area (Å²) in [6.45, 7) is 3.62. The maximum atomic E-state index is 8.74. The molecule has 1 aromatic heterocycles. The van der Waals surface area contributed by atoms with Gasteiger partial charge in [-0.1, -0.05) is 12.1 Å². The van der Waals surface area contributed by atoms with Gasteiger partial charge in [-0.2, -0.15) is 8.42 Å². The first-order chi connectivity index (χ1) is 6.43. The lowest BCUT2D eigenvalue weighted by Gasteiger charge is -1.90. The Kier molecular flexibility index (Phi) is 5.70. The molecule has 0 aliphatic rings. The van der Waals surface area contributed by atoms with Crippen molar-refractivity contribution in [1.82, 2.24) is 4.98 Å². The average molecular weight is 217 g/mol. The Hall–Kier alpha value is -1.24. The van der Waals surface area contributed by atoms with E-state index in [9.17, 15) is 0 Å². The quantitative estimate of drug-likeness (QED) is 0.573. The van der Waals surface area contributed by atoms with E-state index in [2.05, 4.69) is 11.6 Å². The zero-order chi connectivity index (χ0) is 11.0. The molecule has 0 saturated carbocycles. The molecular weight excluding hydrogens is 206 g/mol. The first-order valence-electron chi connectivity index (χ1n) is 3.64. The van der Waals surface area contributed by atoms with Crippen molar-refractivity contribution in [3.63, 3.8) is 0 Å². The van der Waals surface area contributed by atoms with Gasteiger partial charge in [-0.25, -0.2) is 0 Å². The van der Waals surface area contributed by atoms with Gasteiger partial charge >= 0.3 is 10.4 Å². The first kappa shape index (κ1) is 12.8. The normalized spacial score (nSPS) is 9.86. The zero-order valence-electron chi connectivity index (χ0n) is 7.37. The Morgan fingerprint density at radius 1 is 1.43 bits per heavy atom. The van der Waals surface area contributed by atoms with Crippen LogP contribution in [0.15, 0.2) is 37.1 Å². The van der Waals surface area contributed by atoms with Crippen molar-refractivity contribution in [2.24, 2.45) is 0 Å². The highest BCUT2D eigenvalue weighted by Crippen LogP contribution is 1.93. The van der Waals surface area contributed by atoms with Gasteiger partial charge < -0.3 is 0 Å². The molecule has 1 aromatic rings. The summed E-state index contributed by atoms with van der Waals surface area (Å²) in [7, 11) is -4.67. The molecule has 0 aliphatic carbocycles. The maximum Gasteiger partial charge on any atom is 0.394 e. The average Bonchev–Trinajstić information content (AvgIpc) is 2.03. The molecule has 0 aromatic carbocycles. The minimum Gasteiger partial charge on any atom is -0.264 e. The number of hydrogen-bond acceptors (Lipinski definition) is 3. The number of pyridine rings is 1. The fourth-order valence-corrected chi connectivity index (χ4v) is 0.667. The summed E-state index contributed by atoms with van der Waals surface area (Å²) < 4.78 is 31.6. The largest absolute Gasteiger partial charge is 0.394 e. The molecule has 0 radical (unpaired) electrons.